The molecule has 0 heterocycles. The van der Waals surface area contributed by atoms with Gasteiger partial charge in [-0.25, -0.2) is 0 Å². The predicted octanol–water partition coefficient (Wildman–Crippen LogP) is 2.60. The average molecular weight is 218 g/mol. The van der Waals surface area contributed by atoms with E-state index in [4.69, 9.17) is 4.74 Å². The van der Waals surface area contributed by atoms with Gasteiger partial charge >= 0.3 is 0 Å². The summed E-state index contributed by atoms with van der Waals surface area (Å²) in [6.07, 6.45) is 0. The summed E-state index contributed by atoms with van der Waals surface area (Å²) in [6.45, 7) is 0. The zero-order valence-electron chi connectivity index (χ0n) is 8.29. The van der Waals surface area contributed by atoms with Crippen molar-refractivity contribution in [3.05, 3.63) is 42.5 Å². The number of hydrogen-bond acceptors (Lipinski definition) is 4. The topological polar surface area (TPSA) is 69.9 Å². The summed E-state index contributed by atoms with van der Waals surface area (Å²) in [5.74, 6) is 0.625. The van der Waals surface area contributed by atoms with Gasteiger partial charge in [0.1, 0.15) is 28.7 Å². The normalized spacial score (nSPS) is 10.0. The maximum Gasteiger partial charge on any atom is 0.134 e. The number of phenols is 3. The summed E-state index contributed by atoms with van der Waals surface area (Å²) >= 11 is 0. The molecule has 16 heavy (non-hydrogen) atoms. The predicted molar refractivity (Wildman–Crippen MR) is 58.0 cm³/mol. The molecule has 4 heteroatoms. The Kier molecular flexibility index (Phi) is 2.55. The lowest BCUT2D eigenvalue weighted by molar-refractivity contribution is 0.429. The van der Waals surface area contributed by atoms with Crippen molar-refractivity contribution in [2.75, 3.05) is 0 Å². The Morgan fingerprint density at radius 1 is 0.688 bits per heavy atom. The molecule has 2 rings (SSSR count). The maximum absolute atomic E-state index is 9.24. The summed E-state index contributed by atoms with van der Waals surface area (Å²) in [4.78, 5) is 0. The minimum absolute atomic E-state index is 0.0851. The van der Waals surface area contributed by atoms with Gasteiger partial charge in [0.25, 0.3) is 0 Å². The highest BCUT2D eigenvalue weighted by molar-refractivity contribution is 5.43. The fraction of sp³-hybridized carbons (Fsp3) is 0. The molecule has 0 radical (unpaired) electrons. The van der Waals surface area contributed by atoms with Crippen LogP contribution in [0.25, 0.3) is 0 Å². The summed E-state index contributed by atoms with van der Waals surface area (Å²) < 4.78 is 5.34. The van der Waals surface area contributed by atoms with Crippen LogP contribution < -0.4 is 4.74 Å². The van der Waals surface area contributed by atoms with Gasteiger partial charge < -0.3 is 20.1 Å². The average Bonchev–Trinajstić information content (AvgIpc) is 2.15. The fourth-order valence-electron chi connectivity index (χ4n) is 1.31. The van der Waals surface area contributed by atoms with Gasteiger partial charge in [-0.1, -0.05) is 6.07 Å². The largest absolute Gasteiger partial charge is 0.508 e. The number of aromatic hydroxyl groups is 3. The second-order valence-electron chi connectivity index (χ2n) is 3.28. The van der Waals surface area contributed by atoms with Crippen molar-refractivity contribution in [2.24, 2.45) is 0 Å². The minimum atomic E-state index is -0.0878. The molecule has 3 N–H and O–H groups in total. The monoisotopic (exact) mass is 218 g/mol. The highest BCUT2D eigenvalue weighted by Crippen LogP contribution is 2.30. The molecule has 0 amide bonds. The minimum Gasteiger partial charge on any atom is -0.508 e. The molecular weight excluding hydrogens is 208 g/mol. The first kappa shape index (κ1) is 10.2. The van der Waals surface area contributed by atoms with Crippen LogP contribution >= 0.6 is 0 Å². The van der Waals surface area contributed by atoms with E-state index in [1.807, 2.05) is 0 Å². The highest BCUT2D eigenvalue weighted by Gasteiger charge is 2.02. The number of hydrogen-bond donors (Lipinski definition) is 3. The van der Waals surface area contributed by atoms with E-state index in [0.29, 0.717) is 11.5 Å². The highest BCUT2D eigenvalue weighted by atomic mass is 16.5. The molecule has 0 aliphatic carbocycles. The van der Waals surface area contributed by atoms with Crippen molar-refractivity contribution < 1.29 is 20.1 Å². The van der Waals surface area contributed by atoms with Crippen LogP contribution in [-0.2, 0) is 0 Å². The molecule has 0 aliphatic heterocycles. The zero-order valence-corrected chi connectivity index (χ0v) is 8.29. The molecule has 2 aromatic carbocycles. The Labute approximate surface area is 92.0 Å². The lowest BCUT2D eigenvalue weighted by Crippen LogP contribution is -1.83. The van der Waals surface area contributed by atoms with Crippen molar-refractivity contribution in [3.63, 3.8) is 0 Å². The van der Waals surface area contributed by atoms with Gasteiger partial charge in [-0.2, -0.15) is 0 Å². The van der Waals surface area contributed by atoms with E-state index in [9.17, 15) is 15.3 Å². The molecule has 0 saturated carbocycles. The Balaban J connectivity index is 2.27. The van der Waals surface area contributed by atoms with E-state index in [1.54, 1.807) is 12.1 Å². The summed E-state index contributed by atoms with van der Waals surface area (Å²) in [6, 6.07) is 10.2. The lowest BCUT2D eigenvalue weighted by atomic mass is 10.3. The number of benzene rings is 2. The van der Waals surface area contributed by atoms with Gasteiger partial charge in [-0.3, -0.25) is 0 Å². The number of ether oxygens (including phenoxy) is 1. The molecule has 0 atom stereocenters. The molecule has 0 spiro atoms. The van der Waals surface area contributed by atoms with E-state index in [-0.39, 0.29) is 17.2 Å². The first-order valence-corrected chi connectivity index (χ1v) is 4.63. The second-order valence-corrected chi connectivity index (χ2v) is 3.28. The SMILES string of the molecule is Oc1cccc(Oc2cc(O)cc(O)c2)c1. The molecular formula is C12H10O4. The van der Waals surface area contributed by atoms with Crippen LogP contribution in [0.4, 0.5) is 0 Å². The molecule has 0 aliphatic rings. The summed E-state index contributed by atoms with van der Waals surface area (Å²) in [5.41, 5.74) is 0. The maximum atomic E-state index is 9.24. The van der Waals surface area contributed by atoms with Gasteiger partial charge in [0.2, 0.25) is 0 Å². The van der Waals surface area contributed by atoms with Crippen LogP contribution in [0.15, 0.2) is 42.5 Å². The van der Waals surface area contributed by atoms with Crippen LogP contribution in [0.2, 0.25) is 0 Å². The molecule has 0 bridgehead atoms. The first-order valence-electron chi connectivity index (χ1n) is 4.63. The quantitative estimate of drug-likeness (QED) is 0.724. The second kappa shape index (κ2) is 4.02. The van der Waals surface area contributed by atoms with E-state index in [2.05, 4.69) is 0 Å². The third-order valence-electron chi connectivity index (χ3n) is 1.93. The van der Waals surface area contributed by atoms with Gasteiger partial charge in [0.15, 0.2) is 0 Å². The Morgan fingerprint density at radius 2 is 1.31 bits per heavy atom. The number of rotatable bonds is 2. The van der Waals surface area contributed by atoms with E-state index < -0.39 is 0 Å². The van der Waals surface area contributed by atoms with Crippen LogP contribution in [0, 0.1) is 0 Å². The smallest absolute Gasteiger partial charge is 0.134 e. The van der Waals surface area contributed by atoms with Crippen molar-refractivity contribution in [1.29, 1.82) is 0 Å². The van der Waals surface area contributed by atoms with Crippen molar-refractivity contribution >= 4 is 0 Å². The van der Waals surface area contributed by atoms with Gasteiger partial charge in [0, 0.05) is 24.3 Å². The lowest BCUT2D eigenvalue weighted by Gasteiger charge is -2.06. The van der Waals surface area contributed by atoms with Gasteiger partial charge in [0.05, 0.1) is 0 Å². The van der Waals surface area contributed by atoms with E-state index in [0.717, 1.165) is 0 Å². The molecule has 0 saturated heterocycles. The van der Waals surface area contributed by atoms with E-state index >= 15 is 0 Å². The van der Waals surface area contributed by atoms with Crippen LogP contribution in [0.3, 0.4) is 0 Å². The Morgan fingerprint density at radius 3 is 1.94 bits per heavy atom. The van der Waals surface area contributed by atoms with Crippen molar-refractivity contribution in [3.8, 4) is 28.7 Å². The Bertz CT molecular complexity index is 488. The molecule has 4 nitrogen and oxygen atoms in total. The Hall–Kier alpha value is -2.36. The van der Waals surface area contributed by atoms with Crippen LogP contribution in [-0.4, -0.2) is 15.3 Å². The molecule has 0 unspecified atom stereocenters. The van der Waals surface area contributed by atoms with E-state index in [1.165, 1.54) is 30.3 Å². The van der Waals surface area contributed by atoms with Crippen LogP contribution in [0.5, 0.6) is 28.7 Å². The first-order chi connectivity index (χ1) is 7.63. The third-order valence-corrected chi connectivity index (χ3v) is 1.93. The summed E-state index contributed by atoms with van der Waals surface area (Å²) in [7, 11) is 0. The van der Waals surface area contributed by atoms with Gasteiger partial charge in [-0.15, -0.1) is 0 Å². The molecule has 0 fully saturated rings. The third kappa shape index (κ3) is 2.36. The standard InChI is InChI=1S/C12H10O4/c13-8-2-1-3-11(5-8)16-12-6-9(14)4-10(15)7-12/h1-7,13-15H. The fourth-order valence-corrected chi connectivity index (χ4v) is 1.31. The van der Waals surface area contributed by atoms with Gasteiger partial charge in [-0.05, 0) is 12.1 Å². The number of phenolic OH excluding ortho intramolecular Hbond substituents is 3. The molecule has 82 valence electrons. The molecule has 0 aromatic heterocycles. The van der Waals surface area contributed by atoms with Crippen LogP contribution in [0.1, 0.15) is 0 Å². The zero-order chi connectivity index (χ0) is 11.5. The van der Waals surface area contributed by atoms with Crippen molar-refractivity contribution in [1.82, 2.24) is 0 Å². The summed E-state index contributed by atoms with van der Waals surface area (Å²) in [5, 5.41) is 27.7. The molecule has 2 aromatic rings. The van der Waals surface area contributed by atoms with Crippen molar-refractivity contribution in [2.45, 2.75) is 0 Å².